The first-order chi connectivity index (χ1) is 11.9. The summed E-state index contributed by atoms with van der Waals surface area (Å²) in [6.45, 7) is 0. The highest BCUT2D eigenvalue weighted by atomic mass is 16.3. The molecule has 6 nitrogen and oxygen atoms in total. The minimum atomic E-state index is -0.788. The Hall–Kier alpha value is -3.12. The van der Waals surface area contributed by atoms with Gasteiger partial charge in [-0.2, -0.15) is 0 Å². The summed E-state index contributed by atoms with van der Waals surface area (Å²) in [6, 6.07) is 12.5. The van der Waals surface area contributed by atoms with Crippen LogP contribution < -0.4 is 11.3 Å². The van der Waals surface area contributed by atoms with Crippen LogP contribution >= 0.6 is 0 Å². The van der Waals surface area contributed by atoms with Gasteiger partial charge < -0.3 is 20.5 Å². The normalized spacial score (nSPS) is 12.2. The summed E-state index contributed by atoms with van der Waals surface area (Å²) in [5.41, 5.74) is 6.09. The monoisotopic (exact) mass is 338 g/mol. The minimum Gasteiger partial charge on any atom is -0.508 e. The van der Waals surface area contributed by atoms with Crippen LogP contribution in [0.3, 0.4) is 0 Å². The molecule has 25 heavy (non-hydrogen) atoms. The molecule has 6 heteroatoms. The van der Waals surface area contributed by atoms with E-state index in [9.17, 15) is 19.8 Å². The predicted octanol–water partition coefficient (Wildman–Crippen LogP) is 2.22. The minimum absolute atomic E-state index is 0.0153. The van der Waals surface area contributed by atoms with Crippen LogP contribution in [0.2, 0.25) is 0 Å². The molecule has 0 saturated heterocycles. The van der Waals surface area contributed by atoms with E-state index < -0.39 is 17.4 Å². The number of Topliss-reactive ketones (excluding diaryl/α,β-unsaturated/α-hetero) is 1. The van der Waals surface area contributed by atoms with Crippen molar-refractivity contribution in [2.24, 2.45) is 12.8 Å². The zero-order valence-electron chi connectivity index (χ0n) is 13.6. The van der Waals surface area contributed by atoms with Crippen LogP contribution in [0.5, 0.6) is 11.5 Å². The molecule has 0 aliphatic carbocycles. The number of nitrogens with zero attached hydrogens (tertiary/aromatic N) is 1. The topological polar surface area (TPSA) is 106 Å². The molecule has 0 fully saturated rings. The number of phenols is 1. The smallest absolute Gasteiger partial charge is 0.265 e. The Morgan fingerprint density at radius 3 is 2.48 bits per heavy atom. The van der Waals surface area contributed by atoms with Crippen molar-refractivity contribution in [1.29, 1.82) is 0 Å². The third-order valence-electron chi connectivity index (χ3n) is 4.30. The van der Waals surface area contributed by atoms with Crippen LogP contribution in [0.15, 0.2) is 53.3 Å². The van der Waals surface area contributed by atoms with Crippen molar-refractivity contribution < 1.29 is 15.0 Å². The first-order valence-electron chi connectivity index (χ1n) is 7.79. The van der Waals surface area contributed by atoms with E-state index in [1.54, 1.807) is 49.5 Å². The third-order valence-corrected chi connectivity index (χ3v) is 4.30. The molecule has 0 aliphatic rings. The van der Waals surface area contributed by atoms with Crippen molar-refractivity contribution >= 4 is 16.7 Å². The van der Waals surface area contributed by atoms with E-state index in [4.69, 9.17) is 5.73 Å². The molecule has 2 aromatic carbocycles. The molecule has 3 aromatic rings. The lowest BCUT2D eigenvalue weighted by Gasteiger charge is -2.15. The number of hydrogen-bond acceptors (Lipinski definition) is 5. The average molecular weight is 338 g/mol. The molecule has 0 bridgehead atoms. The highest BCUT2D eigenvalue weighted by molar-refractivity contribution is 6.03. The number of carbonyl (C=O) groups is 1. The molecule has 1 heterocycles. The molecule has 128 valence electrons. The van der Waals surface area contributed by atoms with E-state index in [-0.39, 0.29) is 23.5 Å². The average Bonchev–Trinajstić information content (AvgIpc) is 2.60. The first-order valence-corrected chi connectivity index (χ1v) is 7.79. The van der Waals surface area contributed by atoms with Gasteiger partial charge in [0, 0.05) is 30.5 Å². The van der Waals surface area contributed by atoms with Crippen LogP contribution in [0.25, 0.3) is 10.9 Å². The summed E-state index contributed by atoms with van der Waals surface area (Å²) < 4.78 is 1.33. The molecular formula is C19H18N2O4. The quantitative estimate of drug-likeness (QED) is 0.633. The second-order valence-corrected chi connectivity index (χ2v) is 5.90. The molecule has 0 unspecified atom stereocenters. The maximum atomic E-state index is 12.6. The van der Waals surface area contributed by atoms with Crippen LogP contribution in [-0.4, -0.2) is 20.6 Å². The number of pyridine rings is 1. The number of carbonyl (C=O) groups excluding carboxylic acids is 1. The molecule has 3 rings (SSSR count). The van der Waals surface area contributed by atoms with Crippen LogP contribution in [0.1, 0.15) is 28.4 Å². The fourth-order valence-corrected chi connectivity index (χ4v) is 2.94. The number of benzene rings is 2. The van der Waals surface area contributed by atoms with Crippen molar-refractivity contribution in [2.75, 3.05) is 0 Å². The summed E-state index contributed by atoms with van der Waals surface area (Å²) >= 11 is 0. The summed E-state index contributed by atoms with van der Waals surface area (Å²) in [4.78, 5) is 25.2. The highest BCUT2D eigenvalue weighted by Crippen LogP contribution is 2.29. The molecule has 0 radical (unpaired) electrons. The molecule has 0 spiro atoms. The fraction of sp³-hybridized carbons (Fsp3) is 0.158. The largest absolute Gasteiger partial charge is 0.508 e. The van der Waals surface area contributed by atoms with Gasteiger partial charge in [0.2, 0.25) is 0 Å². The maximum Gasteiger partial charge on any atom is 0.265 e. The lowest BCUT2D eigenvalue weighted by molar-refractivity contribution is 0.0970. The van der Waals surface area contributed by atoms with Crippen LogP contribution in [-0.2, 0) is 7.05 Å². The Morgan fingerprint density at radius 2 is 1.76 bits per heavy atom. The van der Waals surface area contributed by atoms with Gasteiger partial charge in [-0.15, -0.1) is 0 Å². The third kappa shape index (κ3) is 2.88. The Labute approximate surface area is 143 Å². The Bertz CT molecular complexity index is 1020. The van der Waals surface area contributed by atoms with Gasteiger partial charge in [0.1, 0.15) is 17.1 Å². The van der Waals surface area contributed by atoms with Crippen molar-refractivity contribution in [1.82, 2.24) is 4.57 Å². The second-order valence-electron chi connectivity index (χ2n) is 5.90. The number of rotatable bonds is 4. The zero-order valence-corrected chi connectivity index (χ0v) is 13.6. The van der Waals surface area contributed by atoms with Crippen molar-refractivity contribution in [2.45, 2.75) is 12.5 Å². The van der Waals surface area contributed by atoms with Crippen molar-refractivity contribution in [3.63, 3.8) is 0 Å². The summed E-state index contributed by atoms with van der Waals surface area (Å²) in [5, 5.41) is 20.7. The molecule has 0 saturated carbocycles. The van der Waals surface area contributed by atoms with Gasteiger partial charge in [0.05, 0.1) is 5.52 Å². The number of hydrogen-bond donors (Lipinski definition) is 3. The number of aromatic nitrogens is 1. The second kappa shape index (κ2) is 6.41. The van der Waals surface area contributed by atoms with Crippen molar-refractivity contribution in [3.05, 3.63) is 70.0 Å². The number of aromatic hydroxyl groups is 2. The van der Waals surface area contributed by atoms with Gasteiger partial charge in [0.25, 0.3) is 5.56 Å². The predicted molar refractivity (Wildman–Crippen MR) is 94.8 cm³/mol. The van der Waals surface area contributed by atoms with Gasteiger partial charge in [0.15, 0.2) is 5.78 Å². The number of phenolic OH excluding ortho intramolecular Hbond substituents is 1. The van der Waals surface area contributed by atoms with Gasteiger partial charge in [-0.05, 0) is 18.2 Å². The molecule has 1 aromatic heterocycles. The zero-order chi connectivity index (χ0) is 18.1. The Kier molecular flexibility index (Phi) is 4.29. The molecule has 0 aliphatic heterocycles. The SMILES string of the molecule is Cn1c(=O)c(C(=O)C[C@H](N)c2ccccc2O)c(O)c2ccccc21. The molecular weight excluding hydrogens is 320 g/mol. The lowest BCUT2D eigenvalue weighted by atomic mass is 9.97. The number of ketones is 1. The number of nitrogens with two attached hydrogens (primary N) is 1. The van der Waals surface area contributed by atoms with Gasteiger partial charge in [-0.1, -0.05) is 30.3 Å². The van der Waals surface area contributed by atoms with Gasteiger partial charge >= 0.3 is 0 Å². The highest BCUT2D eigenvalue weighted by Gasteiger charge is 2.23. The van der Waals surface area contributed by atoms with Crippen molar-refractivity contribution in [3.8, 4) is 11.5 Å². The number of para-hydroxylation sites is 2. The number of aryl methyl sites for hydroxylation is 1. The molecule has 4 N–H and O–H groups in total. The van der Waals surface area contributed by atoms with E-state index in [0.29, 0.717) is 16.5 Å². The van der Waals surface area contributed by atoms with E-state index in [1.807, 2.05) is 0 Å². The fourth-order valence-electron chi connectivity index (χ4n) is 2.94. The van der Waals surface area contributed by atoms with Crippen LogP contribution in [0, 0.1) is 0 Å². The van der Waals surface area contributed by atoms with Crippen LogP contribution in [0.4, 0.5) is 0 Å². The van der Waals surface area contributed by atoms with E-state index in [2.05, 4.69) is 0 Å². The number of fused-ring (bicyclic) bond motifs is 1. The maximum absolute atomic E-state index is 12.6. The Morgan fingerprint density at radius 1 is 1.12 bits per heavy atom. The van der Waals surface area contributed by atoms with E-state index >= 15 is 0 Å². The van der Waals surface area contributed by atoms with E-state index in [1.165, 1.54) is 10.6 Å². The summed E-state index contributed by atoms with van der Waals surface area (Å²) in [6.07, 6.45) is -0.210. The molecule has 1 atom stereocenters. The lowest BCUT2D eigenvalue weighted by Crippen LogP contribution is -2.27. The summed E-state index contributed by atoms with van der Waals surface area (Å²) in [5.74, 6) is -0.925. The van der Waals surface area contributed by atoms with Gasteiger partial charge in [-0.3, -0.25) is 9.59 Å². The standard InChI is InChI=1S/C19H18N2O4/c1-21-14-8-4-2-7-12(14)18(24)17(19(21)25)16(23)10-13(20)11-6-3-5-9-15(11)22/h2-9,13,22,24H,10,20H2,1H3/t13-/m0/s1. The van der Waals surface area contributed by atoms with Gasteiger partial charge in [-0.25, -0.2) is 0 Å². The first kappa shape index (κ1) is 16.7. The summed E-state index contributed by atoms with van der Waals surface area (Å²) in [7, 11) is 1.55. The Balaban J connectivity index is 2.03. The molecule has 0 amide bonds. The van der Waals surface area contributed by atoms with E-state index in [0.717, 1.165) is 0 Å².